The van der Waals surface area contributed by atoms with E-state index in [1.807, 2.05) is 12.1 Å². The lowest BCUT2D eigenvalue weighted by Crippen LogP contribution is -2.56. The Morgan fingerprint density at radius 2 is 1.75 bits per heavy atom. The van der Waals surface area contributed by atoms with Crippen LogP contribution in [0.4, 0.5) is 0 Å². The van der Waals surface area contributed by atoms with Gasteiger partial charge in [-0.25, -0.2) is 0 Å². The first kappa shape index (κ1) is 27.6. The van der Waals surface area contributed by atoms with Gasteiger partial charge in [0.15, 0.2) is 5.82 Å². The molecule has 0 saturated carbocycles. The number of rotatable bonds is 9. The third-order valence-corrected chi connectivity index (χ3v) is 7.74. The molecule has 1 aromatic heterocycles. The number of methoxy groups -OCH3 is 1. The van der Waals surface area contributed by atoms with E-state index in [4.69, 9.17) is 4.74 Å². The van der Waals surface area contributed by atoms with Gasteiger partial charge in [-0.15, -0.1) is 10.2 Å². The van der Waals surface area contributed by atoms with Gasteiger partial charge in [-0.2, -0.15) is 0 Å². The first-order valence-electron chi connectivity index (χ1n) is 13.8. The van der Waals surface area contributed by atoms with Gasteiger partial charge in [-0.05, 0) is 42.7 Å². The third-order valence-electron chi connectivity index (χ3n) is 7.74. The highest BCUT2D eigenvalue weighted by Gasteiger charge is 2.35. The number of benzene rings is 3. The van der Waals surface area contributed by atoms with Crippen molar-refractivity contribution in [2.45, 2.75) is 51.4 Å². The Bertz CT molecular complexity index is 1410. The first-order chi connectivity index (χ1) is 19.4. The van der Waals surface area contributed by atoms with E-state index in [9.17, 15) is 9.90 Å². The molecule has 40 heavy (non-hydrogen) atoms. The van der Waals surface area contributed by atoms with E-state index >= 15 is 0 Å². The van der Waals surface area contributed by atoms with Crippen molar-refractivity contribution >= 4 is 5.97 Å². The van der Waals surface area contributed by atoms with Crippen molar-refractivity contribution in [3.63, 3.8) is 0 Å². The molecule has 1 aliphatic rings. The van der Waals surface area contributed by atoms with E-state index in [0.717, 1.165) is 36.3 Å². The molecule has 0 radical (unpaired) electrons. The molecule has 4 aromatic rings. The van der Waals surface area contributed by atoms with Gasteiger partial charge in [-0.3, -0.25) is 14.6 Å². The number of H-pyrrole nitrogens is 1. The molecular weight excluding hydrogens is 502 g/mol. The highest BCUT2D eigenvalue weighted by atomic mass is 16.5. The molecule has 208 valence electrons. The van der Waals surface area contributed by atoms with E-state index in [-0.39, 0.29) is 24.2 Å². The number of aromatic nitrogens is 3. The molecule has 3 aromatic carbocycles. The topological polar surface area (TPSA) is 94.6 Å². The second kappa shape index (κ2) is 12.4. The van der Waals surface area contributed by atoms with Gasteiger partial charge in [0.25, 0.3) is 0 Å². The summed E-state index contributed by atoms with van der Waals surface area (Å²) in [5.74, 6) is 1.31. The van der Waals surface area contributed by atoms with E-state index in [2.05, 4.69) is 99.5 Å². The number of phenolic OH excluding ortho intramolecular Hbond substituents is 1. The summed E-state index contributed by atoms with van der Waals surface area (Å²) in [6.45, 7) is 7.38. The number of aromatic amines is 1. The Labute approximate surface area is 235 Å². The zero-order valence-corrected chi connectivity index (χ0v) is 23.3. The van der Waals surface area contributed by atoms with Crippen molar-refractivity contribution in [3.8, 4) is 17.1 Å². The quantitative estimate of drug-likeness (QED) is 0.290. The van der Waals surface area contributed by atoms with Crippen molar-refractivity contribution in [1.82, 2.24) is 25.0 Å². The lowest BCUT2D eigenvalue weighted by atomic mass is 9.92. The smallest absolute Gasteiger partial charge is 0.305 e. The summed E-state index contributed by atoms with van der Waals surface area (Å²) < 4.78 is 4.72. The number of nitrogens with one attached hydrogen (secondary N) is 1. The van der Waals surface area contributed by atoms with Crippen LogP contribution in [-0.2, 0) is 22.5 Å². The van der Waals surface area contributed by atoms with Gasteiger partial charge >= 0.3 is 5.97 Å². The van der Waals surface area contributed by atoms with Crippen LogP contribution in [0.15, 0.2) is 78.9 Å². The number of ether oxygens (including phenoxy) is 1. The molecule has 0 amide bonds. The van der Waals surface area contributed by atoms with Crippen LogP contribution in [-0.4, -0.2) is 68.3 Å². The van der Waals surface area contributed by atoms with Gasteiger partial charge in [0.1, 0.15) is 11.6 Å². The van der Waals surface area contributed by atoms with Crippen LogP contribution >= 0.6 is 0 Å². The molecule has 2 N–H and O–H groups in total. The summed E-state index contributed by atoms with van der Waals surface area (Å²) in [5, 5.41) is 18.8. The number of phenols is 1. The lowest BCUT2D eigenvalue weighted by molar-refractivity contribution is -0.140. The van der Waals surface area contributed by atoms with Crippen LogP contribution in [0.25, 0.3) is 11.4 Å². The number of hydrogen-bond donors (Lipinski definition) is 2. The molecule has 1 saturated heterocycles. The summed E-state index contributed by atoms with van der Waals surface area (Å²) >= 11 is 0. The number of piperazine rings is 1. The molecule has 3 atom stereocenters. The normalized spacial score (nSPS) is 18.9. The van der Waals surface area contributed by atoms with E-state index < -0.39 is 0 Å². The molecule has 0 unspecified atom stereocenters. The van der Waals surface area contributed by atoms with Crippen LogP contribution in [0.1, 0.15) is 48.8 Å². The third kappa shape index (κ3) is 6.41. The number of nitrogens with zero attached hydrogens (tertiary/aromatic N) is 4. The summed E-state index contributed by atoms with van der Waals surface area (Å²) in [6.07, 6.45) is 0.703. The second-order valence-electron chi connectivity index (χ2n) is 10.6. The Morgan fingerprint density at radius 3 is 2.48 bits per heavy atom. The Balaban J connectivity index is 1.37. The Kier molecular flexibility index (Phi) is 8.57. The SMILES string of the molecule is COC(=O)CCc1nnc(-c2ccc([C@H](c3cccc(O)c3)N3C[C@@H](C)N(Cc4ccccc4)C[C@@H]3C)cc2)[nH]1. The fourth-order valence-electron chi connectivity index (χ4n) is 5.58. The van der Waals surface area contributed by atoms with Crippen molar-refractivity contribution < 1.29 is 14.6 Å². The van der Waals surface area contributed by atoms with Crippen LogP contribution in [0.3, 0.4) is 0 Å². The number of esters is 1. The van der Waals surface area contributed by atoms with E-state index in [1.165, 1.54) is 12.7 Å². The second-order valence-corrected chi connectivity index (χ2v) is 10.6. The first-order valence-corrected chi connectivity index (χ1v) is 13.8. The summed E-state index contributed by atoms with van der Waals surface area (Å²) in [4.78, 5) is 19.8. The van der Waals surface area contributed by atoms with Crippen LogP contribution in [0.5, 0.6) is 5.75 Å². The monoisotopic (exact) mass is 539 g/mol. The largest absolute Gasteiger partial charge is 0.508 e. The Hall–Kier alpha value is -4.01. The van der Waals surface area contributed by atoms with Crippen LogP contribution < -0.4 is 0 Å². The highest BCUT2D eigenvalue weighted by Crippen LogP contribution is 2.35. The Morgan fingerprint density at radius 1 is 0.975 bits per heavy atom. The molecular formula is C32H37N5O3. The minimum Gasteiger partial charge on any atom is -0.508 e. The molecule has 0 bridgehead atoms. The molecule has 8 heteroatoms. The molecule has 8 nitrogen and oxygen atoms in total. The van der Waals surface area contributed by atoms with Gasteiger partial charge in [0.05, 0.1) is 19.6 Å². The van der Waals surface area contributed by atoms with Gasteiger partial charge in [-0.1, -0.05) is 66.7 Å². The molecule has 5 rings (SSSR count). The summed E-state index contributed by atoms with van der Waals surface area (Å²) in [7, 11) is 1.38. The standard InChI is InChI=1S/C32H37N5O3/c1-22-20-37(23(2)19-36(22)21-24-8-5-4-6-9-24)31(27-10-7-11-28(38)18-27)25-12-14-26(15-13-25)32-33-29(34-35-32)16-17-30(39)40-3/h4-15,18,22-23,31,38H,16-17,19-21H2,1-3H3,(H,33,34,35)/t22-,23+,31-/m1/s1. The summed E-state index contributed by atoms with van der Waals surface area (Å²) in [6, 6.07) is 27.3. The zero-order valence-electron chi connectivity index (χ0n) is 23.3. The van der Waals surface area contributed by atoms with Crippen molar-refractivity contribution in [1.29, 1.82) is 0 Å². The molecule has 2 heterocycles. The van der Waals surface area contributed by atoms with Gasteiger partial charge in [0, 0.05) is 43.7 Å². The van der Waals surface area contributed by atoms with Crippen molar-refractivity contribution in [2.24, 2.45) is 0 Å². The number of carbonyl (C=O) groups is 1. The van der Waals surface area contributed by atoms with Crippen molar-refractivity contribution in [2.75, 3.05) is 20.2 Å². The minimum atomic E-state index is -0.273. The fraction of sp³-hybridized carbons (Fsp3) is 0.344. The van der Waals surface area contributed by atoms with E-state index in [0.29, 0.717) is 30.2 Å². The lowest BCUT2D eigenvalue weighted by Gasteiger charge is -2.47. The number of hydrogen-bond acceptors (Lipinski definition) is 7. The average molecular weight is 540 g/mol. The predicted octanol–water partition coefficient (Wildman–Crippen LogP) is 4.97. The molecule has 0 aliphatic carbocycles. The molecule has 0 spiro atoms. The van der Waals surface area contributed by atoms with Crippen molar-refractivity contribution in [3.05, 3.63) is 101 Å². The maximum atomic E-state index is 11.5. The van der Waals surface area contributed by atoms with Crippen LogP contribution in [0, 0.1) is 0 Å². The average Bonchev–Trinajstić information content (AvgIpc) is 3.44. The summed E-state index contributed by atoms with van der Waals surface area (Å²) in [5.41, 5.74) is 4.46. The fourth-order valence-corrected chi connectivity index (χ4v) is 5.58. The molecule has 1 aliphatic heterocycles. The maximum Gasteiger partial charge on any atom is 0.305 e. The zero-order chi connectivity index (χ0) is 28.1. The maximum absolute atomic E-state index is 11.5. The van der Waals surface area contributed by atoms with Gasteiger partial charge < -0.3 is 14.8 Å². The number of aromatic hydroxyl groups is 1. The number of aryl methyl sites for hydroxylation is 1. The predicted molar refractivity (Wildman–Crippen MR) is 155 cm³/mol. The highest BCUT2D eigenvalue weighted by molar-refractivity contribution is 5.69. The van der Waals surface area contributed by atoms with E-state index in [1.54, 1.807) is 6.07 Å². The minimum absolute atomic E-state index is 0.0113. The molecule has 1 fully saturated rings. The number of carbonyl (C=O) groups excluding carboxylic acids is 1. The van der Waals surface area contributed by atoms with Gasteiger partial charge in [0.2, 0.25) is 0 Å². The van der Waals surface area contributed by atoms with Crippen LogP contribution in [0.2, 0.25) is 0 Å².